The Bertz CT molecular complexity index is 806. The molecule has 0 aliphatic heterocycles. The molecular formula is C17H14F2N2O3. The molecular weight excluding hydrogens is 318 g/mol. The Labute approximate surface area is 136 Å². The minimum atomic E-state index is -1.03. The quantitative estimate of drug-likeness (QED) is 0.498. The molecule has 0 spiro atoms. The van der Waals surface area contributed by atoms with Crippen molar-refractivity contribution in [3.05, 3.63) is 64.5 Å². The van der Waals surface area contributed by atoms with Gasteiger partial charge in [0.1, 0.15) is 0 Å². The van der Waals surface area contributed by atoms with Crippen LogP contribution in [-0.4, -0.2) is 23.0 Å². The number of rotatable bonds is 6. The molecule has 0 bridgehead atoms. The molecule has 0 atom stereocenters. The number of nitrogens with one attached hydrogen (secondary N) is 1. The van der Waals surface area contributed by atoms with Crippen molar-refractivity contribution in [1.29, 1.82) is 0 Å². The van der Waals surface area contributed by atoms with Crippen molar-refractivity contribution in [3.63, 3.8) is 0 Å². The average Bonchev–Trinajstić information content (AvgIpc) is 2.57. The van der Waals surface area contributed by atoms with E-state index < -0.39 is 17.4 Å². The van der Waals surface area contributed by atoms with Gasteiger partial charge in [0.15, 0.2) is 17.9 Å². The van der Waals surface area contributed by atoms with Crippen molar-refractivity contribution in [2.75, 3.05) is 0 Å². The highest BCUT2D eigenvalue weighted by Gasteiger charge is 2.15. The van der Waals surface area contributed by atoms with Crippen LogP contribution in [0, 0.1) is 11.6 Å². The van der Waals surface area contributed by atoms with Gasteiger partial charge in [-0.25, -0.2) is 8.78 Å². The molecule has 0 aliphatic carbocycles. The summed E-state index contributed by atoms with van der Waals surface area (Å²) in [6, 6.07) is 4.20. The number of Topliss-reactive ketones (excluding diaryl/α,β-unsaturated/α-hetero) is 1. The van der Waals surface area contributed by atoms with Gasteiger partial charge in [0, 0.05) is 43.4 Å². The molecule has 5 nitrogen and oxygen atoms in total. The minimum Gasteiger partial charge on any atom is -0.352 e. The lowest BCUT2D eigenvalue weighted by molar-refractivity contribution is -0.119. The summed E-state index contributed by atoms with van der Waals surface area (Å²) in [6.07, 6.45) is 2.81. The zero-order valence-electron chi connectivity index (χ0n) is 12.8. The summed E-state index contributed by atoms with van der Waals surface area (Å²) in [6.45, 7) is 1.17. The molecule has 0 aliphatic rings. The Morgan fingerprint density at radius 2 is 1.83 bits per heavy atom. The molecule has 1 amide bonds. The number of hydrogen-bond acceptors (Lipinski definition) is 4. The summed E-state index contributed by atoms with van der Waals surface area (Å²) in [5, 5.41) is 2.40. The Balaban J connectivity index is 2.24. The van der Waals surface area contributed by atoms with Crippen LogP contribution in [0.5, 0.6) is 0 Å². The van der Waals surface area contributed by atoms with E-state index in [1.54, 1.807) is 0 Å². The highest BCUT2D eigenvalue weighted by molar-refractivity contribution is 6.33. The first kappa shape index (κ1) is 17.4. The van der Waals surface area contributed by atoms with E-state index in [1.165, 1.54) is 37.5 Å². The third-order valence-electron chi connectivity index (χ3n) is 3.35. The van der Waals surface area contributed by atoms with Gasteiger partial charge in [-0.05, 0) is 17.2 Å². The Morgan fingerprint density at radius 1 is 1.17 bits per heavy atom. The molecule has 0 radical (unpaired) electrons. The van der Waals surface area contributed by atoms with Crippen molar-refractivity contribution in [2.24, 2.45) is 0 Å². The second kappa shape index (κ2) is 7.54. The number of pyridine rings is 1. The van der Waals surface area contributed by atoms with Gasteiger partial charge in [0.05, 0.1) is 0 Å². The first-order valence-electron chi connectivity index (χ1n) is 7.06. The van der Waals surface area contributed by atoms with Gasteiger partial charge >= 0.3 is 0 Å². The third kappa shape index (κ3) is 4.07. The summed E-state index contributed by atoms with van der Waals surface area (Å²) < 4.78 is 28.2. The van der Waals surface area contributed by atoms with Crippen molar-refractivity contribution in [2.45, 2.75) is 19.9 Å². The molecule has 1 heterocycles. The van der Waals surface area contributed by atoms with Crippen LogP contribution in [0.1, 0.15) is 34.0 Å². The summed E-state index contributed by atoms with van der Waals surface area (Å²) >= 11 is 0. The summed E-state index contributed by atoms with van der Waals surface area (Å²) in [4.78, 5) is 36.5. The molecule has 0 unspecified atom stereocenters. The fourth-order valence-corrected chi connectivity index (χ4v) is 2.13. The smallest absolute Gasteiger partial charge is 0.226 e. The SMILES string of the molecule is CC(=O)NCc1ccc(Cc2cncc(C(=O)C=O)c2)c(F)c1F. The second-order valence-electron chi connectivity index (χ2n) is 5.16. The maximum absolute atomic E-state index is 14.2. The number of aromatic nitrogens is 1. The number of aldehydes is 1. The van der Waals surface area contributed by atoms with E-state index in [-0.39, 0.29) is 41.8 Å². The van der Waals surface area contributed by atoms with Crippen molar-refractivity contribution < 1.29 is 23.2 Å². The minimum absolute atomic E-state index is 0.0101. The lowest BCUT2D eigenvalue weighted by Crippen LogP contribution is -2.20. The van der Waals surface area contributed by atoms with Crippen LogP contribution in [0.4, 0.5) is 8.78 Å². The zero-order valence-corrected chi connectivity index (χ0v) is 12.8. The van der Waals surface area contributed by atoms with Crippen LogP contribution in [0.3, 0.4) is 0 Å². The predicted octanol–water partition coefficient (Wildman–Crippen LogP) is 1.97. The molecule has 0 saturated carbocycles. The number of nitrogens with zero attached hydrogens (tertiary/aromatic N) is 1. The molecule has 2 aromatic rings. The normalized spacial score (nSPS) is 10.3. The number of amides is 1. The molecule has 124 valence electrons. The van der Waals surface area contributed by atoms with Gasteiger partial charge in [-0.1, -0.05) is 12.1 Å². The standard InChI is InChI=1S/C17H14F2N2O3/c1-10(23)21-8-13-3-2-12(16(18)17(13)19)4-11-5-14(7-20-6-11)15(24)9-22/h2-3,5-7,9H,4,8H2,1H3,(H,21,23). The number of carbonyl (C=O) groups excluding carboxylic acids is 3. The van der Waals surface area contributed by atoms with Gasteiger partial charge in [0.25, 0.3) is 0 Å². The lowest BCUT2D eigenvalue weighted by Gasteiger charge is -2.09. The highest BCUT2D eigenvalue weighted by Crippen LogP contribution is 2.19. The van der Waals surface area contributed by atoms with E-state index in [9.17, 15) is 23.2 Å². The molecule has 2 rings (SSSR count). The van der Waals surface area contributed by atoms with Crippen molar-refractivity contribution in [3.8, 4) is 0 Å². The molecule has 1 aromatic heterocycles. The Morgan fingerprint density at radius 3 is 2.50 bits per heavy atom. The van der Waals surface area contributed by atoms with E-state index in [0.717, 1.165) is 0 Å². The molecule has 0 saturated heterocycles. The fourth-order valence-electron chi connectivity index (χ4n) is 2.13. The lowest BCUT2D eigenvalue weighted by atomic mass is 10.0. The van der Waals surface area contributed by atoms with Crippen LogP contribution in [0.15, 0.2) is 30.6 Å². The van der Waals surface area contributed by atoms with E-state index in [4.69, 9.17) is 0 Å². The van der Waals surface area contributed by atoms with Crippen molar-refractivity contribution in [1.82, 2.24) is 10.3 Å². The first-order valence-corrected chi connectivity index (χ1v) is 7.06. The van der Waals surface area contributed by atoms with Gasteiger partial charge in [-0.2, -0.15) is 0 Å². The van der Waals surface area contributed by atoms with Crippen LogP contribution >= 0.6 is 0 Å². The maximum atomic E-state index is 14.2. The van der Waals surface area contributed by atoms with E-state index in [2.05, 4.69) is 10.3 Å². The number of carbonyl (C=O) groups is 3. The van der Waals surface area contributed by atoms with Gasteiger partial charge < -0.3 is 5.32 Å². The number of halogens is 2. The van der Waals surface area contributed by atoms with E-state index in [0.29, 0.717) is 5.56 Å². The average molecular weight is 332 g/mol. The number of ketones is 1. The fraction of sp³-hybridized carbons (Fsp3) is 0.176. The predicted molar refractivity (Wildman–Crippen MR) is 81.3 cm³/mol. The van der Waals surface area contributed by atoms with E-state index in [1.807, 2.05) is 0 Å². The second-order valence-corrected chi connectivity index (χ2v) is 5.16. The number of benzene rings is 1. The van der Waals surface area contributed by atoms with Crippen LogP contribution in [-0.2, 0) is 22.6 Å². The largest absolute Gasteiger partial charge is 0.352 e. The summed E-state index contributed by atoms with van der Waals surface area (Å²) in [7, 11) is 0. The van der Waals surface area contributed by atoms with Gasteiger partial charge in [-0.3, -0.25) is 19.4 Å². The summed E-state index contributed by atoms with van der Waals surface area (Å²) in [5.41, 5.74) is 0.673. The highest BCUT2D eigenvalue weighted by atomic mass is 19.2. The monoisotopic (exact) mass is 332 g/mol. The van der Waals surface area contributed by atoms with Crippen LogP contribution in [0.2, 0.25) is 0 Å². The molecule has 1 aromatic carbocycles. The molecule has 7 heteroatoms. The van der Waals surface area contributed by atoms with Crippen molar-refractivity contribution >= 4 is 18.0 Å². The topological polar surface area (TPSA) is 76.1 Å². The summed E-state index contributed by atoms with van der Waals surface area (Å²) in [5.74, 6) is -3.14. The van der Waals surface area contributed by atoms with E-state index >= 15 is 0 Å². The van der Waals surface area contributed by atoms with Gasteiger partial charge in [-0.15, -0.1) is 0 Å². The van der Waals surface area contributed by atoms with Crippen LogP contribution in [0.25, 0.3) is 0 Å². The molecule has 24 heavy (non-hydrogen) atoms. The molecule has 1 N–H and O–H groups in total. The molecule has 0 fully saturated rings. The third-order valence-corrected chi connectivity index (χ3v) is 3.35. The Kier molecular flexibility index (Phi) is 5.47. The first-order chi connectivity index (χ1) is 11.4. The van der Waals surface area contributed by atoms with Crippen LogP contribution < -0.4 is 5.32 Å². The Hall–Kier alpha value is -2.96. The number of hydrogen-bond donors (Lipinski definition) is 1. The maximum Gasteiger partial charge on any atom is 0.226 e. The zero-order chi connectivity index (χ0) is 17.7. The van der Waals surface area contributed by atoms with Gasteiger partial charge in [0.2, 0.25) is 11.7 Å².